The molecule has 1 aliphatic heterocycles. The van der Waals surface area contributed by atoms with Gasteiger partial charge in [0.2, 0.25) is 11.8 Å². The lowest BCUT2D eigenvalue weighted by atomic mass is 10.0. The van der Waals surface area contributed by atoms with E-state index < -0.39 is 29.6 Å². The zero-order valence-corrected chi connectivity index (χ0v) is 13.9. The summed E-state index contributed by atoms with van der Waals surface area (Å²) in [4.78, 5) is 38.1. The van der Waals surface area contributed by atoms with Crippen LogP contribution in [0.4, 0.5) is 20.6 Å². The molecular formula is C18H16FN3O4. The van der Waals surface area contributed by atoms with Gasteiger partial charge < -0.3 is 15.4 Å². The number of ether oxygens (including phenoxy) is 1. The molecule has 2 N–H and O–H groups in total. The summed E-state index contributed by atoms with van der Waals surface area (Å²) in [5.74, 6) is -2.29. The van der Waals surface area contributed by atoms with Crippen molar-refractivity contribution < 1.29 is 23.5 Å². The van der Waals surface area contributed by atoms with Crippen LogP contribution in [0, 0.1) is 11.7 Å². The first-order valence-electron chi connectivity index (χ1n) is 7.82. The molecule has 134 valence electrons. The van der Waals surface area contributed by atoms with Crippen molar-refractivity contribution in [2.75, 3.05) is 23.9 Å². The summed E-state index contributed by atoms with van der Waals surface area (Å²) in [5.41, 5.74) is 0.653. The van der Waals surface area contributed by atoms with Crippen molar-refractivity contribution >= 4 is 29.2 Å². The van der Waals surface area contributed by atoms with Gasteiger partial charge in [-0.05, 0) is 36.4 Å². The van der Waals surface area contributed by atoms with Crippen LogP contribution in [0.3, 0.4) is 0 Å². The minimum atomic E-state index is -1.11. The number of carbonyl (C=O) groups is 3. The van der Waals surface area contributed by atoms with Crippen molar-refractivity contribution in [1.29, 1.82) is 0 Å². The Morgan fingerprint density at radius 1 is 1.23 bits per heavy atom. The van der Waals surface area contributed by atoms with Gasteiger partial charge >= 0.3 is 6.03 Å². The predicted molar refractivity (Wildman–Crippen MR) is 92.4 cm³/mol. The zero-order chi connectivity index (χ0) is 18.7. The van der Waals surface area contributed by atoms with E-state index in [9.17, 15) is 18.8 Å². The lowest BCUT2D eigenvalue weighted by Gasteiger charge is -2.30. The molecule has 1 heterocycles. The maximum Gasteiger partial charge on any atom is 0.328 e. The van der Waals surface area contributed by atoms with E-state index in [0.29, 0.717) is 11.4 Å². The van der Waals surface area contributed by atoms with Crippen LogP contribution in [0.25, 0.3) is 0 Å². The van der Waals surface area contributed by atoms with Crippen LogP contribution in [0.2, 0.25) is 0 Å². The van der Waals surface area contributed by atoms with E-state index in [4.69, 9.17) is 4.74 Å². The van der Waals surface area contributed by atoms with E-state index >= 15 is 0 Å². The summed E-state index contributed by atoms with van der Waals surface area (Å²) in [6.45, 7) is -0.120. The summed E-state index contributed by atoms with van der Waals surface area (Å²) in [6, 6.07) is 10.9. The van der Waals surface area contributed by atoms with E-state index in [0.717, 1.165) is 17.0 Å². The van der Waals surface area contributed by atoms with Crippen LogP contribution in [-0.4, -0.2) is 31.5 Å². The number of anilines is 2. The van der Waals surface area contributed by atoms with E-state index in [2.05, 4.69) is 10.6 Å². The molecule has 1 atom stereocenters. The largest absolute Gasteiger partial charge is 0.497 e. The summed E-state index contributed by atoms with van der Waals surface area (Å²) in [5, 5.41) is 5.14. The average Bonchev–Trinajstić information content (AvgIpc) is 2.63. The molecule has 1 fully saturated rings. The fourth-order valence-electron chi connectivity index (χ4n) is 2.58. The van der Waals surface area contributed by atoms with E-state index in [1.807, 2.05) is 0 Å². The molecular weight excluding hydrogens is 341 g/mol. The molecule has 0 spiro atoms. The molecule has 4 amide bonds. The molecule has 0 aromatic heterocycles. The van der Waals surface area contributed by atoms with E-state index in [-0.39, 0.29) is 12.2 Å². The van der Waals surface area contributed by atoms with Gasteiger partial charge in [0, 0.05) is 18.3 Å². The molecule has 0 aliphatic carbocycles. The van der Waals surface area contributed by atoms with Gasteiger partial charge in [-0.1, -0.05) is 6.07 Å². The molecule has 8 heteroatoms. The Balaban J connectivity index is 1.79. The van der Waals surface area contributed by atoms with E-state index in [1.54, 1.807) is 24.3 Å². The van der Waals surface area contributed by atoms with Crippen molar-refractivity contribution in [2.24, 2.45) is 5.92 Å². The highest BCUT2D eigenvalue weighted by molar-refractivity contribution is 6.23. The highest BCUT2D eigenvalue weighted by atomic mass is 19.1. The number of halogens is 1. The number of benzene rings is 2. The number of nitrogens with zero attached hydrogens (tertiary/aromatic N) is 1. The Labute approximate surface area is 148 Å². The molecule has 3 rings (SSSR count). The summed E-state index contributed by atoms with van der Waals surface area (Å²) >= 11 is 0. The third kappa shape index (κ3) is 3.49. The second-order valence-corrected chi connectivity index (χ2v) is 5.61. The average molecular weight is 357 g/mol. The van der Waals surface area contributed by atoms with Crippen LogP contribution < -0.4 is 20.3 Å². The number of hydrogen-bond acceptors (Lipinski definition) is 4. The molecule has 0 bridgehead atoms. The number of carbonyl (C=O) groups excluding carboxylic acids is 3. The van der Waals surface area contributed by atoms with Crippen LogP contribution in [-0.2, 0) is 9.59 Å². The third-order valence-electron chi connectivity index (χ3n) is 3.92. The fourth-order valence-corrected chi connectivity index (χ4v) is 2.58. The SMILES string of the molecule is COc1cccc(NC(=O)C2CNC(=O)N(c3ccc(F)cc3)C2=O)c1. The minimum absolute atomic E-state index is 0.120. The zero-order valence-electron chi connectivity index (χ0n) is 13.9. The van der Waals surface area contributed by atoms with Crippen molar-refractivity contribution in [1.82, 2.24) is 5.32 Å². The Kier molecular flexibility index (Phi) is 4.83. The van der Waals surface area contributed by atoms with Crippen LogP contribution in [0.15, 0.2) is 48.5 Å². The lowest BCUT2D eigenvalue weighted by molar-refractivity contribution is -0.130. The molecule has 26 heavy (non-hydrogen) atoms. The topological polar surface area (TPSA) is 87.7 Å². The Hall–Kier alpha value is -3.42. The second-order valence-electron chi connectivity index (χ2n) is 5.61. The van der Waals surface area contributed by atoms with E-state index in [1.165, 1.54) is 19.2 Å². The van der Waals surface area contributed by atoms with Gasteiger partial charge in [-0.2, -0.15) is 0 Å². The number of hydrogen-bond donors (Lipinski definition) is 2. The summed E-state index contributed by atoms with van der Waals surface area (Å²) in [6.07, 6.45) is 0. The van der Waals surface area contributed by atoms with Crippen molar-refractivity contribution in [3.8, 4) is 5.75 Å². The highest BCUT2D eigenvalue weighted by Gasteiger charge is 2.39. The van der Waals surface area contributed by atoms with Gasteiger partial charge in [-0.3, -0.25) is 9.59 Å². The Morgan fingerprint density at radius 2 is 1.96 bits per heavy atom. The predicted octanol–water partition coefficient (Wildman–Crippen LogP) is 2.15. The van der Waals surface area contributed by atoms with Crippen LogP contribution >= 0.6 is 0 Å². The monoisotopic (exact) mass is 357 g/mol. The Morgan fingerprint density at radius 3 is 2.65 bits per heavy atom. The van der Waals surface area contributed by atoms with Crippen LogP contribution in [0.1, 0.15) is 0 Å². The molecule has 7 nitrogen and oxygen atoms in total. The van der Waals surface area contributed by atoms with Gasteiger partial charge in [-0.15, -0.1) is 0 Å². The maximum atomic E-state index is 13.1. The van der Waals surface area contributed by atoms with Gasteiger partial charge in [-0.25, -0.2) is 14.1 Å². The number of nitrogens with one attached hydrogen (secondary N) is 2. The molecule has 1 aliphatic rings. The number of methoxy groups -OCH3 is 1. The molecule has 2 aromatic rings. The summed E-state index contributed by atoms with van der Waals surface area (Å²) < 4.78 is 18.2. The molecule has 1 unspecified atom stereocenters. The molecule has 2 aromatic carbocycles. The van der Waals surface area contributed by atoms with Gasteiger partial charge in [0.1, 0.15) is 17.5 Å². The van der Waals surface area contributed by atoms with Gasteiger partial charge in [0.25, 0.3) is 0 Å². The van der Waals surface area contributed by atoms with Crippen molar-refractivity contribution in [2.45, 2.75) is 0 Å². The standard InChI is InChI=1S/C18H16FN3O4/c1-26-14-4-2-3-12(9-14)21-16(23)15-10-20-18(25)22(17(15)24)13-7-5-11(19)6-8-13/h2-9,15H,10H2,1H3,(H,20,25)(H,21,23). The fraction of sp³-hybridized carbons (Fsp3) is 0.167. The normalized spacial score (nSPS) is 16.8. The minimum Gasteiger partial charge on any atom is -0.497 e. The first-order valence-corrected chi connectivity index (χ1v) is 7.82. The maximum absolute atomic E-state index is 13.1. The first kappa shape index (κ1) is 17.4. The van der Waals surface area contributed by atoms with Gasteiger partial charge in [0.15, 0.2) is 0 Å². The first-order chi connectivity index (χ1) is 12.5. The number of rotatable bonds is 4. The third-order valence-corrected chi connectivity index (χ3v) is 3.92. The highest BCUT2D eigenvalue weighted by Crippen LogP contribution is 2.22. The van der Waals surface area contributed by atoms with Crippen LogP contribution in [0.5, 0.6) is 5.75 Å². The summed E-state index contributed by atoms with van der Waals surface area (Å²) in [7, 11) is 1.50. The molecule has 0 radical (unpaired) electrons. The lowest BCUT2D eigenvalue weighted by Crippen LogP contribution is -2.58. The van der Waals surface area contributed by atoms with Crippen molar-refractivity contribution in [3.05, 3.63) is 54.3 Å². The quantitative estimate of drug-likeness (QED) is 0.821. The number of imide groups is 1. The number of amides is 4. The molecule has 0 saturated carbocycles. The smallest absolute Gasteiger partial charge is 0.328 e. The number of urea groups is 1. The Bertz CT molecular complexity index is 854. The van der Waals surface area contributed by atoms with Gasteiger partial charge in [0.05, 0.1) is 12.8 Å². The van der Waals surface area contributed by atoms with Crippen molar-refractivity contribution in [3.63, 3.8) is 0 Å². The second kappa shape index (κ2) is 7.22. The molecule has 1 saturated heterocycles.